The fourth-order valence-corrected chi connectivity index (χ4v) is 1.93. The highest BCUT2D eigenvalue weighted by molar-refractivity contribution is 5.71. The van der Waals surface area contributed by atoms with Crippen molar-refractivity contribution in [3.63, 3.8) is 0 Å². The molecular formula is C15H16FNO. The normalized spacial score (nSPS) is 10.4. The van der Waals surface area contributed by atoms with Crippen LogP contribution in [0.5, 0.6) is 5.75 Å². The highest BCUT2D eigenvalue weighted by Crippen LogP contribution is 2.29. The molecule has 18 heavy (non-hydrogen) atoms. The number of nitrogens with two attached hydrogens (primary N) is 1. The Kier molecular flexibility index (Phi) is 3.51. The van der Waals surface area contributed by atoms with E-state index in [0.29, 0.717) is 6.61 Å². The van der Waals surface area contributed by atoms with E-state index in [1.165, 1.54) is 6.07 Å². The second kappa shape index (κ2) is 5.08. The summed E-state index contributed by atoms with van der Waals surface area (Å²) in [5.41, 5.74) is 8.43. The van der Waals surface area contributed by atoms with Crippen LogP contribution in [0.2, 0.25) is 0 Å². The predicted octanol–water partition coefficient (Wildman–Crippen LogP) is 3.78. The average molecular weight is 245 g/mol. The first-order valence-electron chi connectivity index (χ1n) is 5.90. The lowest BCUT2D eigenvalue weighted by atomic mass is 9.99. The van der Waals surface area contributed by atoms with Crippen molar-refractivity contribution in [2.75, 3.05) is 12.3 Å². The first-order valence-corrected chi connectivity index (χ1v) is 5.90. The van der Waals surface area contributed by atoms with E-state index in [9.17, 15) is 4.39 Å². The van der Waals surface area contributed by atoms with Gasteiger partial charge in [0.2, 0.25) is 0 Å². The molecule has 0 radical (unpaired) electrons. The lowest BCUT2D eigenvalue weighted by Gasteiger charge is -2.10. The van der Waals surface area contributed by atoms with Crippen molar-refractivity contribution >= 4 is 5.69 Å². The molecule has 94 valence electrons. The molecule has 0 unspecified atom stereocenters. The third kappa shape index (κ3) is 2.45. The number of nitrogen functional groups attached to an aromatic ring is 1. The Bertz CT molecular complexity index is 566. The van der Waals surface area contributed by atoms with E-state index in [2.05, 4.69) is 0 Å². The van der Waals surface area contributed by atoms with Gasteiger partial charge in [-0.3, -0.25) is 0 Å². The Morgan fingerprint density at radius 1 is 1.22 bits per heavy atom. The summed E-state index contributed by atoms with van der Waals surface area (Å²) < 4.78 is 19.0. The summed E-state index contributed by atoms with van der Waals surface area (Å²) in [7, 11) is 0. The molecule has 0 saturated carbocycles. The highest BCUT2D eigenvalue weighted by Gasteiger charge is 2.07. The summed E-state index contributed by atoms with van der Waals surface area (Å²) >= 11 is 0. The number of rotatable bonds is 3. The SMILES string of the molecule is CCOc1cccc(-c2cc(F)c(N)cc2C)c1. The van der Waals surface area contributed by atoms with Crippen LogP contribution in [0.1, 0.15) is 12.5 Å². The molecule has 0 saturated heterocycles. The molecule has 2 aromatic carbocycles. The number of anilines is 1. The molecule has 3 heteroatoms. The maximum Gasteiger partial charge on any atom is 0.146 e. The van der Waals surface area contributed by atoms with Crippen LogP contribution < -0.4 is 10.5 Å². The predicted molar refractivity (Wildman–Crippen MR) is 72.2 cm³/mol. The van der Waals surface area contributed by atoms with Crippen LogP contribution in [0.3, 0.4) is 0 Å². The zero-order valence-electron chi connectivity index (χ0n) is 10.5. The third-order valence-corrected chi connectivity index (χ3v) is 2.80. The summed E-state index contributed by atoms with van der Waals surface area (Å²) in [4.78, 5) is 0. The second-order valence-corrected chi connectivity index (χ2v) is 4.15. The highest BCUT2D eigenvalue weighted by atomic mass is 19.1. The molecule has 0 amide bonds. The van der Waals surface area contributed by atoms with Gasteiger partial charge < -0.3 is 10.5 Å². The lowest BCUT2D eigenvalue weighted by molar-refractivity contribution is 0.340. The van der Waals surface area contributed by atoms with Crippen molar-refractivity contribution < 1.29 is 9.13 Å². The molecular weight excluding hydrogens is 229 g/mol. The van der Waals surface area contributed by atoms with E-state index in [1.54, 1.807) is 6.07 Å². The van der Waals surface area contributed by atoms with Crippen molar-refractivity contribution in [3.05, 3.63) is 47.8 Å². The smallest absolute Gasteiger partial charge is 0.146 e. The number of aryl methyl sites for hydroxylation is 1. The minimum absolute atomic E-state index is 0.178. The van der Waals surface area contributed by atoms with E-state index in [0.717, 1.165) is 22.4 Å². The number of hydrogen-bond donors (Lipinski definition) is 1. The number of benzene rings is 2. The summed E-state index contributed by atoms with van der Waals surface area (Å²) in [5.74, 6) is 0.393. The first-order chi connectivity index (χ1) is 8.61. The largest absolute Gasteiger partial charge is 0.494 e. The van der Waals surface area contributed by atoms with Crippen LogP contribution >= 0.6 is 0 Å². The van der Waals surface area contributed by atoms with Gasteiger partial charge in [-0.15, -0.1) is 0 Å². The van der Waals surface area contributed by atoms with Crippen molar-refractivity contribution in [1.29, 1.82) is 0 Å². The molecule has 2 rings (SSSR count). The van der Waals surface area contributed by atoms with Gasteiger partial charge in [0.1, 0.15) is 11.6 Å². The molecule has 0 aliphatic rings. The molecule has 2 aromatic rings. The topological polar surface area (TPSA) is 35.2 Å². The van der Waals surface area contributed by atoms with E-state index >= 15 is 0 Å². The zero-order valence-corrected chi connectivity index (χ0v) is 10.5. The quantitative estimate of drug-likeness (QED) is 0.835. The van der Waals surface area contributed by atoms with Crippen molar-refractivity contribution in [2.24, 2.45) is 0 Å². The van der Waals surface area contributed by atoms with Gasteiger partial charge in [-0.05, 0) is 54.8 Å². The Balaban J connectivity index is 2.48. The van der Waals surface area contributed by atoms with Crippen LogP contribution in [-0.2, 0) is 0 Å². The fourth-order valence-electron chi connectivity index (χ4n) is 1.93. The van der Waals surface area contributed by atoms with E-state index in [1.807, 2.05) is 38.1 Å². The Morgan fingerprint density at radius 2 is 2.00 bits per heavy atom. The van der Waals surface area contributed by atoms with Crippen LogP contribution in [-0.4, -0.2) is 6.61 Å². The zero-order chi connectivity index (χ0) is 13.1. The maximum absolute atomic E-state index is 13.5. The van der Waals surface area contributed by atoms with Crippen LogP contribution in [0.15, 0.2) is 36.4 Å². The van der Waals surface area contributed by atoms with E-state index in [-0.39, 0.29) is 5.69 Å². The minimum Gasteiger partial charge on any atom is -0.494 e. The lowest BCUT2D eigenvalue weighted by Crippen LogP contribution is -1.95. The Labute approximate surface area is 106 Å². The minimum atomic E-state index is -0.391. The molecule has 0 heterocycles. The average Bonchev–Trinajstić information content (AvgIpc) is 2.34. The molecule has 0 aromatic heterocycles. The number of ether oxygens (including phenoxy) is 1. The van der Waals surface area contributed by atoms with Crippen molar-refractivity contribution in [2.45, 2.75) is 13.8 Å². The van der Waals surface area contributed by atoms with Gasteiger partial charge in [0, 0.05) is 0 Å². The van der Waals surface area contributed by atoms with Crippen molar-refractivity contribution in [1.82, 2.24) is 0 Å². The Morgan fingerprint density at radius 3 is 2.72 bits per heavy atom. The van der Waals surface area contributed by atoms with Crippen molar-refractivity contribution in [3.8, 4) is 16.9 Å². The van der Waals surface area contributed by atoms with Gasteiger partial charge in [-0.1, -0.05) is 12.1 Å². The first kappa shape index (κ1) is 12.4. The van der Waals surface area contributed by atoms with Crippen LogP contribution in [0.4, 0.5) is 10.1 Å². The summed E-state index contributed by atoms with van der Waals surface area (Å²) in [6, 6.07) is 10.7. The van der Waals surface area contributed by atoms with E-state index in [4.69, 9.17) is 10.5 Å². The van der Waals surface area contributed by atoms with Gasteiger partial charge >= 0.3 is 0 Å². The van der Waals surface area contributed by atoms with Gasteiger partial charge in [-0.2, -0.15) is 0 Å². The molecule has 0 aliphatic heterocycles. The van der Waals surface area contributed by atoms with Gasteiger partial charge in [-0.25, -0.2) is 4.39 Å². The molecule has 0 fully saturated rings. The molecule has 0 bridgehead atoms. The monoisotopic (exact) mass is 245 g/mol. The van der Waals surface area contributed by atoms with Crippen LogP contribution in [0.25, 0.3) is 11.1 Å². The van der Waals surface area contributed by atoms with Gasteiger partial charge in [0.05, 0.1) is 12.3 Å². The van der Waals surface area contributed by atoms with Gasteiger partial charge in [0.25, 0.3) is 0 Å². The summed E-state index contributed by atoms with van der Waals surface area (Å²) in [5, 5.41) is 0. The molecule has 0 atom stereocenters. The number of hydrogen-bond acceptors (Lipinski definition) is 2. The molecule has 0 spiro atoms. The Hall–Kier alpha value is -2.03. The van der Waals surface area contributed by atoms with Gasteiger partial charge in [0.15, 0.2) is 0 Å². The standard InChI is InChI=1S/C15H16FNO/c1-3-18-12-6-4-5-11(8-12)13-9-14(16)15(17)7-10(13)2/h4-9H,3,17H2,1-2H3. The summed E-state index contributed by atoms with van der Waals surface area (Å²) in [6.45, 7) is 4.46. The number of halogens is 1. The van der Waals surface area contributed by atoms with E-state index < -0.39 is 5.82 Å². The third-order valence-electron chi connectivity index (χ3n) is 2.80. The molecule has 0 aliphatic carbocycles. The second-order valence-electron chi connectivity index (χ2n) is 4.15. The molecule has 2 nitrogen and oxygen atoms in total. The van der Waals surface area contributed by atoms with Crippen LogP contribution in [0, 0.1) is 12.7 Å². The molecule has 2 N–H and O–H groups in total. The summed E-state index contributed by atoms with van der Waals surface area (Å²) in [6.07, 6.45) is 0. The maximum atomic E-state index is 13.5. The fraction of sp³-hybridized carbons (Fsp3) is 0.200.